The van der Waals surface area contributed by atoms with E-state index in [1.165, 1.54) is 17.7 Å². The number of hydrogen-bond acceptors (Lipinski definition) is 2. The van der Waals surface area contributed by atoms with Gasteiger partial charge in [-0.25, -0.2) is 0 Å². The molecule has 0 aliphatic rings. The summed E-state index contributed by atoms with van der Waals surface area (Å²) in [6, 6.07) is 10.5. The Labute approximate surface area is 84.7 Å². The second-order valence-electron chi connectivity index (χ2n) is 3.01. The Morgan fingerprint density at radius 2 is 2.00 bits per heavy atom. The highest BCUT2D eigenvalue weighted by Gasteiger charge is 2.07. The van der Waals surface area contributed by atoms with Crippen LogP contribution in [-0.2, 0) is 0 Å². The molecular weight excluding hydrogens is 178 g/mol. The zero-order valence-electron chi connectivity index (χ0n) is 8.07. The van der Waals surface area contributed by atoms with Crippen molar-refractivity contribution in [3.8, 4) is 0 Å². The lowest BCUT2D eigenvalue weighted by Gasteiger charge is -2.13. The van der Waals surface area contributed by atoms with Gasteiger partial charge in [-0.2, -0.15) is 11.8 Å². The fraction of sp³-hybridized carbons (Fsp3) is 0.455. The summed E-state index contributed by atoms with van der Waals surface area (Å²) in [5, 5.41) is 0.473. The lowest BCUT2D eigenvalue weighted by molar-refractivity contribution is 0.936. The van der Waals surface area contributed by atoms with Crippen molar-refractivity contribution in [1.82, 2.24) is 0 Å². The van der Waals surface area contributed by atoms with Gasteiger partial charge in [0.2, 0.25) is 0 Å². The Balaban J connectivity index is 2.56. The van der Waals surface area contributed by atoms with Gasteiger partial charge in [0.15, 0.2) is 0 Å². The topological polar surface area (TPSA) is 26.0 Å². The molecule has 0 amide bonds. The maximum atomic E-state index is 5.72. The van der Waals surface area contributed by atoms with Crippen molar-refractivity contribution in [2.75, 3.05) is 12.3 Å². The maximum absolute atomic E-state index is 5.72. The average molecular weight is 195 g/mol. The van der Waals surface area contributed by atoms with E-state index in [1.807, 2.05) is 17.8 Å². The van der Waals surface area contributed by atoms with Gasteiger partial charge in [-0.1, -0.05) is 37.3 Å². The molecule has 2 N–H and O–H groups in total. The molecule has 1 rings (SSSR count). The first-order valence-electron chi connectivity index (χ1n) is 4.75. The summed E-state index contributed by atoms with van der Waals surface area (Å²) in [6.45, 7) is 2.93. The van der Waals surface area contributed by atoms with Crippen molar-refractivity contribution >= 4 is 11.8 Å². The molecule has 0 saturated heterocycles. The SMILES string of the molecule is CCCSC(CN)c1ccccc1. The highest BCUT2D eigenvalue weighted by atomic mass is 32.2. The van der Waals surface area contributed by atoms with E-state index in [4.69, 9.17) is 5.73 Å². The minimum atomic E-state index is 0.473. The molecule has 0 fully saturated rings. The van der Waals surface area contributed by atoms with Crippen molar-refractivity contribution < 1.29 is 0 Å². The first kappa shape index (κ1) is 10.6. The molecule has 0 spiro atoms. The van der Waals surface area contributed by atoms with E-state index in [-0.39, 0.29) is 0 Å². The fourth-order valence-electron chi connectivity index (χ4n) is 1.23. The molecule has 1 aromatic carbocycles. The highest BCUT2D eigenvalue weighted by molar-refractivity contribution is 7.99. The van der Waals surface area contributed by atoms with Crippen LogP contribution in [-0.4, -0.2) is 12.3 Å². The van der Waals surface area contributed by atoms with Crippen molar-refractivity contribution in [2.24, 2.45) is 5.73 Å². The Kier molecular flexibility index (Phi) is 4.94. The second kappa shape index (κ2) is 6.06. The van der Waals surface area contributed by atoms with Gasteiger partial charge in [0.25, 0.3) is 0 Å². The standard InChI is InChI=1S/C11H17NS/c1-2-8-13-11(9-12)10-6-4-3-5-7-10/h3-7,11H,2,8-9,12H2,1H3. The molecule has 72 valence electrons. The predicted molar refractivity (Wildman–Crippen MR) is 61.0 cm³/mol. The quantitative estimate of drug-likeness (QED) is 0.782. The van der Waals surface area contributed by atoms with E-state index in [1.54, 1.807) is 0 Å². The van der Waals surface area contributed by atoms with Crippen LogP contribution >= 0.6 is 11.8 Å². The summed E-state index contributed by atoms with van der Waals surface area (Å²) in [5.74, 6) is 1.19. The highest BCUT2D eigenvalue weighted by Crippen LogP contribution is 2.27. The third kappa shape index (κ3) is 3.41. The van der Waals surface area contributed by atoms with E-state index in [2.05, 4.69) is 31.2 Å². The van der Waals surface area contributed by atoms with Crippen LogP contribution in [0.3, 0.4) is 0 Å². The molecular formula is C11H17NS. The van der Waals surface area contributed by atoms with Crippen LogP contribution in [0.1, 0.15) is 24.2 Å². The third-order valence-corrected chi connectivity index (χ3v) is 3.42. The van der Waals surface area contributed by atoms with Crippen LogP contribution in [0, 0.1) is 0 Å². The monoisotopic (exact) mass is 195 g/mol. The van der Waals surface area contributed by atoms with E-state index < -0.39 is 0 Å². The van der Waals surface area contributed by atoms with Gasteiger partial charge in [-0.15, -0.1) is 0 Å². The van der Waals surface area contributed by atoms with E-state index in [0.717, 1.165) is 6.54 Å². The van der Waals surface area contributed by atoms with Crippen molar-refractivity contribution in [3.63, 3.8) is 0 Å². The van der Waals surface area contributed by atoms with E-state index >= 15 is 0 Å². The van der Waals surface area contributed by atoms with Crippen LogP contribution in [0.4, 0.5) is 0 Å². The first-order valence-corrected chi connectivity index (χ1v) is 5.80. The van der Waals surface area contributed by atoms with Crippen molar-refractivity contribution in [1.29, 1.82) is 0 Å². The Bertz CT molecular complexity index is 223. The van der Waals surface area contributed by atoms with Crippen LogP contribution in [0.25, 0.3) is 0 Å². The molecule has 0 bridgehead atoms. The molecule has 0 saturated carbocycles. The zero-order chi connectivity index (χ0) is 9.52. The van der Waals surface area contributed by atoms with Gasteiger partial charge < -0.3 is 5.73 Å². The molecule has 0 aliphatic carbocycles. The molecule has 0 aromatic heterocycles. The summed E-state index contributed by atoms with van der Waals surface area (Å²) in [6.07, 6.45) is 1.22. The van der Waals surface area contributed by atoms with E-state index in [9.17, 15) is 0 Å². The minimum absolute atomic E-state index is 0.473. The Morgan fingerprint density at radius 1 is 1.31 bits per heavy atom. The van der Waals surface area contributed by atoms with Crippen LogP contribution in [0.2, 0.25) is 0 Å². The maximum Gasteiger partial charge on any atom is 0.0419 e. The lowest BCUT2D eigenvalue weighted by Crippen LogP contribution is -2.09. The third-order valence-electron chi connectivity index (χ3n) is 1.91. The van der Waals surface area contributed by atoms with Gasteiger partial charge in [-0.05, 0) is 17.7 Å². The normalized spacial score (nSPS) is 12.8. The fourth-order valence-corrected chi connectivity index (χ4v) is 2.23. The molecule has 0 aliphatic heterocycles. The van der Waals surface area contributed by atoms with Gasteiger partial charge in [0.05, 0.1) is 0 Å². The Morgan fingerprint density at radius 3 is 2.54 bits per heavy atom. The van der Waals surface area contributed by atoms with Gasteiger partial charge in [-0.3, -0.25) is 0 Å². The summed E-state index contributed by atoms with van der Waals surface area (Å²) < 4.78 is 0. The number of rotatable bonds is 5. The number of nitrogens with two attached hydrogens (primary N) is 1. The van der Waals surface area contributed by atoms with Gasteiger partial charge >= 0.3 is 0 Å². The smallest absolute Gasteiger partial charge is 0.0419 e. The van der Waals surface area contributed by atoms with Crippen molar-refractivity contribution in [3.05, 3.63) is 35.9 Å². The summed E-state index contributed by atoms with van der Waals surface area (Å²) in [4.78, 5) is 0. The molecule has 1 nitrogen and oxygen atoms in total. The molecule has 2 heteroatoms. The second-order valence-corrected chi connectivity index (χ2v) is 4.32. The average Bonchev–Trinajstić information content (AvgIpc) is 2.21. The van der Waals surface area contributed by atoms with Crippen LogP contribution in [0.15, 0.2) is 30.3 Å². The molecule has 0 radical (unpaired) electrons. The molecule has 1 atom stereocenters. The first-order chi connectivity index (χ1) is 6.38. The lowest BCUT2D eigenvalue weighted by atomic mass is 10.1. The van der Waals surface area contributed by atoms with E-state index in [0.29, 0.717) is 5.25 Å². The Hall–Kier alpha value is -0.470. The number of thioether (sulfide) groups is 1. The number of hydrogen-bond donors (Lipinski definition) is 1. The summed E-state index contributed by atoms with van der Waals surface area (Å²) in [7, 11) is 0. The molecule has 13 heavy (non-hydrogen) atoms. The largest absolute Gasteiger partial charge is 0.329 e. The molecule has 1 aromatic rings. The minimum Gasteiger partial charge on any atom is -0.329 e. The van der Waals surface area contributed by atoms with Crippen LogP contribution in [0.5, 0.6) is 0 Å². The van der Waals surface area contributed by atoms with Crippen molar-refractivity contribution in [2.45, 2.75) is 18.6 Å². The molecule has 0 heterocycles. The summed E-state index contributed by atoms with van der Waals surface area (Å²) >= 11 is 1.95. The molecule has 1 unspecified atom stereocenters. The van der Waals surface area contributed by atoms with Gasteiger partial charge in [0, 0.05) is 11.8 Å². The van der Waals surface area contributed by atoms with Gasteiger partial charge in [0.1, 0.15) is 0 Å². The number of benzene rings is 1. The summed E-state index contributed by atoms with van der Waals surface area (Å²) in [5.41, 5.74) is 7.08. The predicted octanol–water partition coefficient (Wildman–Crippen LogP) is 2.83. The zero-order valence-corrected chi connectivity index (χ0v) is 8.89. The van der Waals surface area contributed by atoms with Crippen LogP contribution < -0.4 is 5.73 Å².